The summed E-state index contributed by atoms with van der Waals surface area (Å²) >= 11 is 6.31. The van der Waals surface area contributed by atoms with Crippen LogP contribution in [-0.4, -0.2) is 23.4 Å². The normalized spacial score (nSPS) is 12.6. The van der Waals surface area contributed by atoms with Gasteiger partial charge in [-0.15, -0.1) is 0 Å². The van der Waals surface area contributed by atoms with Crippen molar-refractivity contribution in [3.05, 3.63) is 52.3 Å². The van der Waals surface area contributed by atoms with Crippen molar-refractivity contribution >= 4 is 11.6 Å². The van der Waals surface area contributed by atoms with Crippen LogP contribution in [0.2, 0.25) is 5.15 Å². The third-order valence-corrected chi connectivity index (χ3v) is 4.21. The number of nitrogens with zero attached hydrogens (tertiary/aromatic N) is 2. The molecule has 0 fully saturated rings. The zero-order chi connectivity index (χ0) is 14.5. The predicted octanol–water partition coefficient (Wildman–Crippen LogP) is 3.32. The van der Waals surface area contributed by atoms with Crippen LogP contribution in [0.15, 0.2) is 30.3 Å². The van der Waals surface area contributed by atoms with Crippen molar-refractivity contribution in [2.75, 3.05) is 13.6 Å². The number of aromatic nitrogens is 2. The Bertz CT molecular complexity index is 548. The van der Waals surface area contributed by atoms with Crippen molar-refractivity contribution in [1.82, 2.24) is 15.1 Å². The van der Waals surface area contributed by atoms with Crippen LogP contribution in [0.4, 0.5) is 0 Å². The molecule has 1 unspecified atom stereocenters. The largest absolute Gasteiger partial charge is 0.319 e. The van der Waals surface area contributed by atoms with E-state index in [1.807, 2.05) is 21.0 Å². The molecule has 0 aliphatic heterocycles. The van der Waals surface area contributed by atoms with Crippen LogP contribution in [0.25, 0.3) is 0 Å². The van der Waals surface area contributed by atoms with Crippen LogP contribution >= 0.6 is 11.6 Å². The average molecular weight is 292 g/mol. The van der Waals surface area contributed by atoms with Gasteiger partial charge in [-0.05, 0) is 38.3 Å². The van der Waals surface area contributed by atoms with Crippen molar-refractivity contribution in [3.8, 4) is 0 Å². The van der Waals surface area contributed by atoms with Gasteiger partial charge in [-0.2, -0.15) is 5.10 Å². The molecule has 0 amide bonds. The summed E-state index contributed by atoms with van der Waals surface area (Å²) in [6.07, 6.45) is 2.02. The fraction of sp³-hybridized carbons (Fsp3) is 0.438. The molecular formula is C16H22ClN3. The monoisotopic (exact) mass is 291 g/mol. The molecule has 1 aromatic heterocycles. The fourth-order valence-corrected chi connectivity index (χ4v) is 2.90. The molecule has 2 rings (SSSR count). The number of nitrogens with one attached hydrogen (secondary N) is 1. The number of benzene rings is 1. The lowest BCUT2D eigenvalue weighted by molar-refractivity contribution is 0.583. The molecular weight excluding hydrogens is 270 g/mol. The Morgan fingerprint density at radius 2 is 2.00 bits per heavy atom. The molecule has 1 atom stereocenters. The Hall–Kier alpha value is -1.32. The minimum atomic E-state index is 0.497. The molecule has 1 N–H and O–H groups in total. The summed E-state index contributed by atoms with van der Waals surface area (Å²) < 4.78 is 1.75. The molecule has 0 aliphatic rings. The number of halogens is 1. The second-order valence-corrected chi connectivity index (χ2v) is 5.54. The summed E-state index contributed by atoms with van der Waals surface area (Å²) in [7, 11) is 3.89. The summed E-state index contributed by atoms with van der Waals surface area (Å²) in [4.78, 5) is 0. The first-order chi connectivity index (χ1) is 9.63. The molecule has 1 aromatic carbocycles. The highest BCUT2D eigenvalue weighted by Crippen LogP contribution is 2.25. The SMILES string of the molecule is CNCC(CCc1c(C)nn(C)c1Cl)c1ccccc1. The van der Waals surface area contributed by atoms with E-state index < -0.39 is 0 Å². The lowest BCUT2D eigenvalue weighted by atomic mass is 9.92. The summed E-state index contributed by atoms with van der Waals surface area (Å²) in [6.45, 7) is 3.00. The zero-order valence-electron chi connectivity index (χ0n) is 12.4. The number of rotatable bonds is 6. The van der Waals surface area contributed by atoms with Gasteiger partial charge in [-0.1, -0.05) is 41.9 Å². The quantitative estimate of drug-likeness (QED) is 0.885. The van der Waals surface area contributed by atoms with Gasteiger partial charge in [-0.3, -0.25) is 4.68 Å². The van der Waals surface area contributed by atoms with E-state index in [9.17, 15) is 0 Å². The van der Waals surface area contributed by atoms with Crippen LogP contribution in [0, 0.1) is 6.92 Å². The first-order valence-electron chi connectivity index (χ1n) is 7.01. The zero-order valence-corrected chi connectivity index (χ0v) is 13.1. The second-order valence-electron chi connectivity index (χ2n) is 5.18. The van der Waals surface area contributed by atoms with E-state index in [1.165, 1.54) is 11.1 Å². The maximum atomic E-state index is 6.31. The first-order valence-corrected chi connectivity index (χ1v) is 7.38. The lowest BCUT2D eigenvalue weighted by Gasteiger charge is -2.17. The number of hydrogen-bond acceptors (Lipinski definition) is 2. The molecule has 0 radical (unpaired) electrons. The van der Waals surface area contributed by atoms with Gasteiger partial charge >= 0.3 is 0 Å². The van der Waals surface area contributed by atoms with E-state index >= 15 is 0 Å². The molecule has 1 heterocycles. The summed E-state index contributed by atoms with van der Waals surface area (Å²) in [5.41, 5.74) is 3.58. The summed E-state index contributed by atoms with van der Waals surface area (Å²) in [5, 5.41) is 8.42. The van der Waals surface area contributed by atoms with Gasteiger partial charge in [0.1, 0.15) is 5.15 Å². The number of likely N-dealkylation sites (N-methyl/N-ethyl adjacent to an activating group) is 1. The van der Waals surface area contributed by atoms with Gasteiger partial charge in [0.15, 0.2) is 0 Å². The first kappa shape index (κ1) is 15.1. The fourth-order valence-electron chi connectivity index (χ4n) is 2.63. The van der Waals surface area contributed by atoms with Gasteiger partial charge < -0.3 is 5.32 Å². The van der Waals surface area contributed by atoms with E-state index in [2.05, 4.69) is 40.7 Å². The molecule has 0 aliphatic carbocycles. The molecule has 4 heteroatoms. The average Bonchev–Trinajstić information content (AvgIpc) is 2.70. The van der Waals surface area contributed by atoms with Crippen LogP contribution in [0.1, 0.15) is 29.2 Å². The van der Waals surface area contributed by atoms with Crippen molar-refractivity contribution in [2.45, 2.75) is 25.7 Å². The summed E-state index contributed by atoms with van der Waals surface area (Å²) in [5.74, 6) is 0.497. The minimum absolute atomic E-state index is 0.497. The van der Waals surface area contributed by atoms with Crippen LogP contribution < -0.4 is 5.32 Å². The lowest BCUT2D eigenvalue weighted by Crippen LogP contribution is -2.18. The maximum absolute atomic E-state index is 6.31. The van der Waals surface area contributed by atoms with Crippen LogP contribution in [0.5, 0.6) is 0 Å². The second kappa shape index (κ2) is 6.91. The molecule has 2 aromatic rings. The minimum Gasteiger partial charge on any atom is -0.319 e. The predicted molar refractivity (Wildman–Crippen MR) is 84.4 cm³/mol. The van der Waals surface area contributed by atoms with Gasteiger partial charge in [0.05, 0.1) is 5.69 Å². The number of aryl methyl sites for hydroxylation is 2. The van der Waals surface area contributed by atoms with E-state index in [4.69, 9.17) is 11.6 Å². The van der Waals surface area contributed by atoms with Crippen molar-refractivity contribution in [2.24, 2.45) is 7.05 Å². The molecule has 20 heavy (non-hydrogen) atoms. The highest BCUT2D eigenvalue weighted by atomic mass is 35.5. The van der Waals surface area contributed by atoms with Gasteiger partial charge in [-0.25, -0.2) is 0 Å². The Balaban J connectivity index is 2.10. The topological polar surface area (TPSA) is 29.9 Å². The van der Waals surface area contributed by atoms with E-state index in [0.29, 0.717) is 5.92 Å². The van der Waals surface area contributed by atoms with Crippen molar-refractivity contribution < 1.29 is 0 Å². The van der Waals surface area contributed by atoms with Gasteiger partial charge in [0.2, 0.25) is 0 Å². The van der Waals surface area contributed by atoms with Crippen LogP contribution in [0.3, 0.4) is 0 Å². The maximum Gasteiger partial charge on any atom is 0.130 e. The Labute approximate surface area is 126 Å². The van der Waals surface area contributed by atoms with E-state index in [0.717, 1.165) is 30.2 Å². The van der Waals surface area contributed by atoms with E-state index in [-0.39, 0.29) is 0 Å². The smallest absolute Gasteiger partial charge is 0.130 e. The van der Waals surface area contributed by atoms with Crippen molar-refractivity contribution in [1.29, 1.82) is 0 Å². The molecule has 0 saturated carbocycles. The summed E-state index contributed by atoms with van der Waals surface area (Å²) in [6, 6.07) is 10.6. The Morgan fingerprint density at radius 1 is 1.30 bits per heavy atom. The molecule has 3 nitrogen and oxygen atoms in total. The third kappa shape index (κ3) is 3.41. The Morgan fingerprint density at radius 3 is 2.55 bits per heavy atom. The Kier molecular flexibility index (Phi) is 5.21. The molecule has 0 spiro atoms. The molecule has 108 valence electrons. The third-order valence-electron chi connectivity index (χ3n) is 3.73. The van der Waals surface area contributed by atoms with Gasteiger partial charge in [0.25, 0.3) is 0 Å². The highest BCUT2D eigenvalue weighted by molar-refractivity contribution is 6.30. The highest BCUT2D eigenvalue weighted by Gasteiger charge is 2.15. The van der Waals surface area contributed by atoms with E-state index in [1.54, 1.807) is 4.68 Å². The standard InChI is InChI=1S/C16H22ClN3/c1-12-15(16(17)20(3)19-12)10-9-14(11-18-2)13-7-5-4-6-8-13/h4-8,14,18H,9-11H2,1-3H3. The molecule has 0 saturated heterocycles. The van der Waals surface area contributed by atoms with Crippen molar-refractivity contribution in [3.63, 3.8) is 0 Å². The van der Waals surface area contributed by atoms with Crippen LogP contribution in [-0.2, 0) is 13.5 Å². The number of hydrogen-bond donors (Lipinski definition) is 1. The van der Waals surface area contributed by atoms with Gasteiger partial charge in [0, 0.05) is 19.2 Å². The molecule has 0 bridgehead atoms.